The Morgan fingerprint density at radius 3 is 2.44 bits per heavy atom. The van der Waals surface area contributed by atoms with Gasteiger partial charge in [-0.2, -0.15) is 0 Å². The Hall–Kier alpha value is -1.40. The lowest BCUT2D eigenvalue weighted by Crippen LogP contribution is -2.20. The van der Waals surface area contributed by atoms with Crippen molar-refractivity contribution in [3.63, 3.8) is 0 Å². The lowest BCUT2D eigenvalue weighted by molar-refractivity contribution is 0.0124. The number of nitrogens with two attached hydrogens (primary N) is 1. The van der Waals surface area contributed by atoms with Crippen LogP contribution in [0.25, 0.3) is 0 Å². The average molecular weight is 261 g/mol. The molecule has 0 amide bonds. The monoisotopic (exact) mass is 261 g/mol. The first-order valence-electron chi connectivity index (χ1n) is 5.42. The fourth-order valence-corrected chi connectivity index (χ4v) is 1.50. The minimum Gasteiger partial charge on any atom is -0.497 e. The van der Waals surface area contributed by atoms with Gasteiger partial charge in [0.05, 0.1) is 26.9 Å². The molecule has 0 radical (unpaired) electrons. The normalized spacial score (nSPS) is 12.6. The second-order valence-electron chi connectivity index (χ2n) is 3.64. The molecule has 102 valence electrons. The Morgan fingerprint density at radius 1 is 1.17 bits per heavy atom. The molecule has 0 spiro atoms. The summed E-state index contributed by atoms with van der Waals surface area (Å²) in [5, 5.41) is 0. The summed E-state index contributed by atoms with van der Waals surface area (Å²) in [6, 6.07) is 4.60. The largest absolute Gasteiger partial charge is 0.497 e. The molecule has 1 unspecified atom stereocenters. The number of rotatable bonds is 7. The van der Waals surface area contributed by atoms with Gasteiger partial charge in [0.15, 0.2) is 0 Å². The maximum atomic E-state index is 11.9. The Morgan fingerprint density at radius 2 is 1.89 bits per heavy atom. The van der Waals surface area contributed by atoms with E-state index in [1.165, 1.54) is 14.2 Å². The van der Waals surface area contributed by atoms with Gasteiger partial charge in [-0.3, -0.25) is 0 Å². The van der Waals surface area contributed by atoms with Crippen molar-refractivity contribution in [2.24, 2.45) is 5.73 Å². The van der Waals surface area contributed by atoms with Crippen molar-refractivity contribution in [3.8, 4) is 11.5 Å². The molecular weight excluding hydrogens is 244 g/mol. The van der Waals surface area contributed by atoms with Gasteiger partial charge >= 0.3 is 0 Å². The van der Waals surface area contributed by atoms with Crippen molar-refractivity contribution < 1.29 is 23.0 Å². The second kappa shape index (κ2) is 7.13. The third kappa shape index (κ3) is 4.12. The van der Waals surface area contributed by atoms with Gasteiger partial charge in [-0.15, -0.1) is 0 Å². The van der Waals surface area contributed by atoms with E-state index in [1.54, 1.807) is 18.2 Å². The number of alkyl halides is 2. The van der Waals surface area contributed by atoms with Crippen LogP contribution in [0, 0.1) is 0 Å². The second-order valence-corrected chi connectivity index (χ2v) is 3.64. The first kappa shape index (κ1) is 14.7. The smallest absolute Gasteiger partial charge is 0.261 e. The molecule has 0 aliphatic rings. The van der Waals surface area contributed by atoms with Gasteiger partial charge in [0.1, 0.15) is 18.1 Å². The summed E-state index contributed by atoms with van der Waals surface area (Å²) in [7, 11) is 3.04. The topological polar surface area (TPSA) is 53.7 Å². The molecule has 0 bridgehead atoms. The van der Waals surface area contributed by atoms with E-state index in [2.05, 4.69) is 0 Å². The van der Waals surface area contributed by atoms with E-state index in [0.29, 0.717) is 17.1 Å². The zero-order valence-electron chi connectivity index (χ0n) is 10.4. The molecule has 0 fully saturated rings. The van der Waals surface area contributed by atoms with Crippen molar-refractivity contribution in [1.82, 2.24) is 0 Å². The average Bonchev–Trinajstić information content (AvgIpc) is 2.37. The third-order valence-corrected chi connectivity index (χ3v) is 2.38. The van der Waals surface area contributed by atoms with Gasteiger partial charge < -0.3 is 19.9 Å². The Labute approximate surface area is 105 Å². The first-order valence-corrected chi connectivity index (χ1v) is 5.42. The molecule has 18 heavy (non-hydrogen) atoms. The van der Waals surface area contributed by atoms with Gasteiger partial charge in [0.2, 0.25) is 0 Å². The number of ether oxygens (including phenoxy) is 3. The summed E-state index contributed by atoms with van der Waals surface area (Å²) in [4.78, 5) is 0. The molecule has 1 atom stereocenters. The quantitative estimate of drug-likeness (QED) is 0.815. The van der Waals surface area contributed by atoms with Crippen LogP contribution in [0.4, 0.5) is 8.78 Å². The lowest BCUT2D eigenvalue weighted by atomic mass is 10.1. The van der Waals surface area contributed by atoms with Crippen LogP contribution in [-0.2, 0) is 4.74 Å². The predicted octanol–water partition coefficient (Wildman–Crippen LogP) is 1.99. The molecule has 0 heterocycles. The number of hydrogen-bond donors (Lipinski definition) is 1. The zero-order chi connectivity index (χ0) is 13.5. The molecule has 0 aliphatic carbocycles. The lowest BCUT2D eigenvalue weighted by Gasteiger charge is -2.16. The van der Waals surface area contributed by atoms with E-state index >= 15 is 0 Å². The Kier molecular flexibility index (Phi) is 5.80. The summed E-state index contributed by atoms with van der Waals surface area (Å²) < 4.78 is 38.9. The van der Waals surface area contributed by atoms with Crippen molar-refractivity contribution in [1.29, 1.82) is 0 Å². The SMILES string of the molecule is COc1ccc(OC)c(C(N)COCC(F)F)c1. The maximum Gasteiger partial charge on any atom is 0.261 e. The molecule has 4 nitrogen and oxygen atoms in total. The highest BCUT2D eigenvalue weighted by atomic mass is 19.3. The van der Waals surface area contributed by atoms with Crippen LogP contribution in [0.1, 0.15) is 11.6 Å². The van der Waals surface area contributed by atoms with Crippen LogP contribution in [-0.4, -0.2) is 33.9 Å². The van der Waals surface area contributed by atoms with Crippen molar-refractivity contribution >= 4 is 0 Å². The molecule has 1 aromatic rings. The van der Waals surface area contributed by atoms with Gasteiger partial charge in [-0.25, -0.2) is 8.78 Å². The Balaban J connectivity index is 2.72. The van der Waals surface area contributed by atoms with E-state index in [0.717, 1.165) is 0 Å². The third-order valence-electron chi connectivity index (χ3n) is 2.38. The molecule has 6 heteroatoms. The number of halogens is 2. The number of benzene rings is 1. The summed E-state index contributed by atoms with van der Waals surface area (Å²) >= 11 is 0. The number of methoxy groups -OCH3 is 2. The minimum atomic E-state index is -2.50. The summed E-state index contributed by atoms with van der Waals surface area (Å²) in [6.45, 7) is -0.631. The predicted molar refractivity (Wildman–Crippen MR) is 63.3 cm³/mol. The van der Waals surface area contributed by atoms with Gasteiger partial charge in [0.25, 0.3) is 6.43 Å². The molecule has 0 saturated carbocycles. The summed E-state index contributed by atoms with van der Waals surface area (Å²) in [6.07, 6.45) is -2.50. The van der Waals surface area contributed by atoms with Crippen molar-refractivity contribution in [3.05, 3.63) is 23.8 Å². The van der Waals surface area contributed by atoms with Gasteiger partial charge in [-0.05, 0) is 18.2 Å². The highest BCUT2D eigenvalue weighted by molar-refractivity contribution is 5.42. The van der Waals surface area contributed by atoms with E-state index in [9.17, 15) is 8.78 Å². The summed E-state index contributed by atoms with van der Waals surface area (Å²) in [5.41, 5.74) is 6.53. The van der Waals surface area contributed by atoms with E-state index < -0.39 is 19.1 Å². The minimum absolute atomic E-state index is 0.00608. The number of hydrogen-bond acceptors (Lipinski definition) is 4. The molecule has 1 aromatic carbocycles. The zero-order valence-corrected chi connectivity index (χ0v) is 10.4. The molecular formula is C12H17F2NO3. The van der Waals surface area contributed by atoms with Crippen LogP contribution in [0.5, 0.6) is 11.5 Å². The fraction of sp³-hybridized carbons (Fsp3) is 0.500. The van der Waals surface area contributed by atoms with Gasteiger partial charge in [0, 0.05) is 5.56 Å². The van der Waals surface area contributed by atoms with Crippen LogP contribution in [0.3, 0.4) is 0 Å². The Bertz CT molecular complexity index is 374. The van der Waals surface area contributed by atoms with E-state index in [4.69, 9.17) is 19.9 Å². The van der Waals surface area contributed by atoms with Crippen molar-refractivity contribution in [2.45, 2.75) is 12.5 Å². The van der Waals surface area contributed by atoms with Crippen LogP contribution in [0.15, 0.2) is 18.2 Å². The van der Waals surface area contributed by atoms with E-state index in [1.807, 2.05) is 0 Å². The molecule has 2 N–H and O–H groups in total. The standard InChI is InChI=1S/C12H17F2NO3/c1-16-8-3-4-11(17-2)9(5-8)10(15)6-18-7-12(13)14/h3-5,10,12H,6-7,15H2,1-2H3. The van der Waals surface area contributed by atoms with Crippen LogP contribution >= 0.6 is 0 Å². The molecule has 0 aromatic heterocycles. The van der Waals surface area contributed by atoms with Gasteiger partial charge in [-0.1, -0.05) is 0 Å². The van der Waals surface area contributed by atoms with Crippen LogP contribution < -0.4 is 15.2 Å². The fourth-order valence-electron chi connectivity index (χ4n) is 1.50. The molecule has 0 saturated heterocycles. The maximum absolute atomic E-state index is 11.9. The highest BCUT2D eigenvalue weighted by Gasteiger charge is 2.14. The van der Waals surface area contributed by atoms with Crippen LogP contribution in [0.2, 0.25) is 0 Å². The highest BCUT2D eigenvalue weighted by Crippen LogP contribution is 2.28. The summed E-state index contributed by atoms with van der Waals surface area (Å²) in [5.74, 6) is 1.19. The van der Waals surface area contributed by atoms with E-state index in [-0.39, 0.29) is 6.61 Å². The van der Waals surface area contributed by atoms with Crippen molar-refractivity contribution in [2.75, 3.05) is 27.4 Å². The molecule has 1 rings (SSSR count). The molecule has 0 aliphatic heterocycles. The first-order chi connectivity index (χ1) is 8.58.